The van der Waals surface area contributed by atoms with Crippen LogP contribution in [0.1, 0.15) is 59.8 Å². The normalized spacial score (nSPS) is 17.5. The number of aromatic nitrogens is 1. The molecule has 0 radical (unpaired) electrons. The molecule has 0 saturated heterocycles. The van der Waals surface area contributed by atoms with Crippen LogP contribution in [0.25, 0.3) is 11.1 Å². The van der Waals surface area contributed by atoms with Gasteiger partial charge in [0.1, 0.15) is 23.4 Å². The van der Waals surface area contributed by atoms with Crippen molar-refractivity contribution in [2.24, 2.45) is 0 Å². The number of aliphatic hydroxyl groups is 1. The van der Waals surface area contributed by atoms with E-state index in [4.69, 9.17) is 0 Å². The van der Waals surface area contributed by atoms with Gasteiger partial charge < -0.3 is 20.5 Å². The number of hydrogen-bond acceptors (Lipinski definition) is 6. The number of aliphatic hydroxyl groups excluding tert-OH is 1. The van der Waals surface area contributed by atoms with Gasteiger partial charge in [-0.1, -0.05) is 18.9 Å². The van der Waals surface area contributed by atoms with Gasteiger partial charge in [-0.25, -0.2) is 13.6 Å². The first-order valence-corrected chi connectivity index (χ1v) is 12.4. The Morgan fingerprint density at radius 2 is 1.79 bits per heavy atom. The van der Waals surface area contributed by atoms with Gasteiger partial charge in [-0.3, -0.25) is 15.1 Å². The smallest absolute Gasteiger partial charge is 0.411 e. The van der Waals surface area contributed by atoms with Crippen LogP contribution in [-0.4, -0.2) is 35.4 Å². The van der Waals surface area contributed by atoms with Crippen LogP contribution in [-0.2, 0) is 4.74 Å². The minimum absolute atomic E-state index is 0.382. The zero-order valence-electron chi connectivity index (χ0n) is 21.2. The second kappa shape index (κ2) is 12.0. The molecule has 200 valence electrons. The van der Waals surface area contributed by atoms with Crippen molar-refractivity contribution in [1.82, 2.24) is 10.3 Å². The number of rotatable bonds is 3. The number of carbonyl (C=O) groups is 2. The number of fused-ring (bicyclic) bond motifs is 4. The van der Waals surface area contributed by atoms with Gasteiger partial charge in [0.2, 0.25) is 0 Å². The molecule has 2 unspecified atom stereocenters. The van der Waals surface area contributed by atoms with Crippen molar-refractivity contribution in [2.75, 3.05) is 17.7 Å². The fourth-order valence-corrected chi connectivity index (χ4v) is 4.52. The lowest BCUT2D eigenvalue weighted by Gasteiger charge is -2.20. The van der Waals surface area contributed by atoms with Crippen LogP contribution < -0.4 is 16.0 Å². The van der Waals surface area contributed by atoms with E-state index in [2.05, 4.69) is 25.7 Å². The van der Waals surface area contributed by atoms with Crippen molar-refractivity contribution in [3.8, 4) is 11.1 Å². The summed E-state index contributed by atoms with van der Waals surface area (Å²) in [5, 5.41) is 19.1. The summed E-state index contributed by atoms with van der Waals surface area (Å²) < 4.78 is 33.7. The number of amides is 2. The van der Waals surface area contributed by atoms with Gasteiger partial charge in [0.05, 0.1) is 18.8 Å². The maximum absolute atomic E-state index is 14.5. The van der Waals surface area contributed by atoms with Gasteiger partial charge in [-0.2, -0.15) is 0 Å². The number of nitrogens with zero attached hydrogens (tertiary/aromatic N) is 1. The summed E-state index contributed by atoms with van der Waals surface area (Å²) in [5.74, 6) is -2.69. The highest BCUT2D eigenvalue weighted by molar-refractivity contribution is 5.95. The average molecular weight is 525 g/mol. The molecule has 0 aliphatic carbocycles. The number of ether oxygens (including phenoxy) is 1. The Balaban J connectivity index is 1.70. The summed E-state index contributed by atoms with van der Waals surface area (Å²) in [5.41, 5.74) is 2.80. The zero-order chi connectivity index (χ0) is 27.2. The Hall–Kier alpha value is -4.05. The van der Waals surface area contributed by atoms with Crippen LogP contribution in [0, 0.1) is 18.6 Å². The summed E-state index contributed by atoms with van der Waals surface area (Å²) in [7, 11) is 1.27. The fraction of sp³-hybridized carbons (Fsp3) is 0.321. The second-order valence-electron chi connectivity index (χ2n) is 9.27. The standard InChI is InChI=1S/C28H30F2N4O4/c1-16-12-20(29)26(21(30)13-16)27(36)34-22-6-4-3-5-7-25(35)33-23-15-18(32-28(37)38-2)8-9-19(23)17-10-11-31-24(22)14-17/h8-15,22,25,33,35H,3-7H2,1-2H3,(H,32,37)(H,34,36). The van der Waals surface area contributed by atoms with Crippen LogP contribution in [0.15, 0.2) is 48.7 Å². The number of methoxy groups -OCH3 is 1. The van der Waals surface area contributed by atoms with Crippen molar-refractivity contribution in [3.05, 3.63) is 77.1 Å². The number of nitrogens with one attached hydrogen (secondary N) is 3. The number of halogens is 2. The van der Waals surface area contributed by atoms with E-state index in [1.807, 2.05) is 0 Å². The lowest BCUT2D eigenvalue weighted by atomic mass is 9.99. The zero-order valence-corrected chi connectivity index (χ0v) is 21.2. The van der Waals surface area contributed by atoms with E-state index < -0.39 is 41.5 Å². The van der Waals surface area contributed by atoms with E-state index in [1.54, 1.807) is 43.5 Å². The molecule has 4 N–H and O–H groups in total. The summed E-state index contributed by atoms with van der Waals surface area (Å²) in [6, 6.07) is 10.4. The molecular weight excluding hydrogens is 494 g/mol. The minimum atomic E-state index is -0.920. The molecule has 3 aromatic rings. The lowest BCUT2D eigenvalue weighted by Crippen LogP contribution is -2.30. The minimum Gasteiger partial charge on any atom is -0.453 e. The summed E-state index contributed by atoms with van der Waals surface area (Å²) in [6.07, 6.45) is 3.27. The van der Waals surface area contributed by atoms with Crippen LogP contribution in [0.2, 0.25) is 0 Å². The number of benzene rings is 2. The third kappa shape index (κ3) is 6.44. The van der Waals surface area contributed by atoms with Crippen molar-refractivity contribution in [3.63, 3.8) is 0 Å². The SMILES string of the molecule is COC(=O)Nc1ccc2c(c1)NC(O)CCCCCC(NC(=O)c1c(F)cc(C)cc1F)c1cc-2ccn1. The summed E-state index contributed by atoms with van der Waals surface area (Å²) >= 11 is 0. The Labute approximate surface area is 219 Å². The summed E-state index contributed by atoms with van der Waals surface area (Å²) in [6.45, 7) is 1.55. The predicted octanol–water partition coefficient (Wildman–Crippen LogP) is 5.68. The highest BCUT2D eigenvalue weighted by Crippen LogP contribution is 2.34. The average Bonchev–Trinajstić information content (AvgIpc) is 2.87. The van der Waals surface area contributed by atoms with E-state index in [9.17, 15) is 23.5 Å². The lowest BCUT2D eigenvalue weighted by molar-refractivity contribution is 0.0924. The van der Waals surface area contributed by atoms with Crippen molar-refractivity contribution in [1.29, 1.82) is 0 Å². The van der Waals surface area contributed by atoms with Gasteiger partial charge in [-0.05, 0) is 73.7 Å². The van der Waals surface area contributed by atoms with E-state index in [1.165, 1.54) is 7.11 Å². The molecular formula is C28H30F2N4O4. The molecule has 2 heterocycles. The Kier molecular flexibility index (Phi) is 8.52. The quantitative estimate of drug-likeness (QED) is 0.351. The fourth-order valence-electron chi connectivity index (χ4n) is 4.52. The highest BCUT2D eigenvalue weighted by atomic mass is 19.1. The third-order valence-corrected chi connectivity index (χ3v) is 6.41. The van der Waals surface area contributed by atoms with E-state index >= 15 is 0 Å². The van der Waals surface area contributed by atoms with Gasteiger partial charge in [0.15, 0.2) is 0 Å². The van der Waals surface area contributed by atoms with Crippen LogP contribution in [0.5, 0.6) is 0 Å². The van der Waals surface area contributed by atoms with Gasteiger partial charge in [0.25, 0.3) is 5.91 Å². The molecule has 8 nitrogen and oxygen atoms in total. The molecule has 1 aromatic heterocycles. The molecule has 2 amide bonds. The largest absolute Gasteiger partial charge is 0.453 e. The third-order valence-electron chi connectivity index (χ3n) is 6.41. The Morgan fingerprint density at radius 1 is 1.05 bits per heavy atom. The topological polar surface area (TPSA) is 113 Å². The van der Waals surface area contributed by atoms with Crippen LogP contribution in [0.3, 0.4) is 0 Å². The Morgan fingerprint density at radius 3 is 2.53 bits per heavy atom. The number of hydrogen-bond donors (Lipinski definition) is 4. The molecule has 38 heavy (non-hydrogen) atoms. The number of anilines is 2. The van der Waals surface area contributed by atoms with Crippen molar-refractivity contribution >= 4 is 23.4 Å². The predicted molar refractivity (Wildman–Crippen MR) is 140 cm³/mol. The molecule has 0 fully saturated rings. The van der Waals surface area contributed by atoms with Gasteiger partial charge >= 0.3 is 6.09 Å². The molecule has 4 rings (SSSR count). The second-order valence-corrected chi connectivity index (χ2v) is 9.27. The van der Waals surface area contributed by atoms with Crippen molar-refractivity contribution < 1.29 is 28.2 Å². The first-order chi connectivity index (χ1) is 18.2. The molecule has 2 aromatic carbocycles. The van der Waals surface area contributed by atoms with Gasteiger partial charge in [0, 0.05) is 23.1 Å². The molecule has 0 spiro atoms. The Bertz CT molecular complexity index is 1310. The molecule has 2 bridgehead atoms. The van der Waals surface area contributed by atoms with Gasteiger partial charge in [-0.15, -0.1) is 0 Å². The first-order valence-electron chi connectivity index (χ1n) is 12.4. The maximum Gasteiger partial charge on any atom is 0.411 e. The molecule has 0 saturated carbocycles. The maximum atomic E-state index is 14.5. The van der Waals surface area contributed by atoms with Crippen molar-refractivity contribution in [2.45, 2.75) is 51.3 Å². The van der Waals surface area contributed by atoms with E-state index in [0.29, 0.717) is 48.3 Å². The number of carbonyl (C=O) groups excluding carboxylic acids is 2. The highest BCUT2D eigenvalue weighted by Gasteiger charge is 2.24. The monoisotopic (exact) mass is 524 g/mol. The first kappa shape index (κ1) is 27.0. The number of pyridine rings is 1. The van der Waals surface area contributed by atoms with E-state index in [-0.39, 0.29) is 0 Å². The van der Waals surface area contributed by atoms with Crippen LogP contribution >= 0.6 is 0 Å². The van der Waals surface area contributed by atoms with Crippen LogP contribution in [0.4, 0.5) is 25.0 Å². The molecule has 1 aliphatic heterocycles. The molecule has 1 aliphatic rings. The summed E-state index contributed by atoms with van der Waals surface area (Å²) in [4.78, 5) is 29.1. The van der Waals surface area contributed by atoms with E-state index in [0.717, 1.165) is 29.7 Å². The number of aryl methyl sites for hydroxylation is 1. The molecule has 2 atom stereocenters. The molecule has 10 heteroatoms.